The maximum atomic E-state index is 10.5. The van der Waals surface area contributed by atoms with Crippen LogP contribution in [0.5, 0.6) is 0 Å². The van der Waals surface area contributed by atoms with Crippen molar-refractivity contribution in [1.29, 1.82) is 0 Å². The maximum Gasteiger partial charge on any atom is 0.0576 e. The average molecular weight is 260 g/mol. The van der Waals surface area contributed by atoms with E-state index in [1.54, 1.807) is 0 Å². The van der Waals surface area contributed by atoms with E-state index in [1.807, 2.05) is 0 Å². The lowest BCUT2D eigenvalue weighted by molar-refractivity contribution is 0.00350. The number of hydrogen-bond donors (Lipinski definition) is 1. The first-order valence-corrected chi connectivity index (χ1v) is 7.66. The van der Waals surface area contributed by atoms with E-state index in [1.165, 1.54) is 12.0 Å². The molecule has 0 saturated heterocycles. The molecule has 1 saturated carbocycles. The van der Waals surface area contributed by atoms with Crippen LogP contribution in [0, 0.1) is 17.8 Å². The molecule has 1 aliphatic carbocycles. The van der Waals surface area contributed by atoms with E-state index < -0.39 is 0 Å². The van der Waals surface area contributed by atoms with E-state index in [0.717, 1.165) is 24.7 Å². The van der Waals surface area contributed by atoms with E-state index in [0.29, 0.717) is 5.92 Å². The van der Waals surface area contributed by atoms with Crippen molar-refractivity contribution in [3.63, 3.8) is 0 Å². The van der Waals surface area contributed by atoms with Crippen LogP contribution in [-0.2, 0) is 5.41 Å². The Morgan fingerprint density at radius 2 is 1.74 bits per heavy atom. The van der Waals surface area contributed by atoms with Crippen molar-refractivity contribution in [1.82, 2.24) is 0 Å². The molecular weight excluding hydrogens is 232 g/mol. The molecule has 0 aliphatic heterocycles. The molecule has 3 unspecified atom stereocenters. The Hall–Kier alpha value is -0.820. The van der Waals surface area contributed by atoms with Crippen LogP contribution in [0.25, 0.3) is 0 Å². The summed E-state index contributed by atoms with van der Waals surface area (Å²) in [4.78, 5) is 0. The summed E-state index contributed by atoms with van der Waals surface area (Å²) in [5, 5.41) is 10.5. The second-order valence-corrected chi connectivity index (χ2v) is 7.08. The second kappa shape index (κ2) is 5.66. The molecule has 0 spiro atoms. The van der Waals surface area contributed by atoms with Crippen LogP contribution < -0.4 is 0 Å². The molecule has 106 valence electrons. The highest BCUT2D eigenvalue weighted by atomic mass is 16.3. The molecule has 1 heteroatoms. The van der Waals surface area contributed by atoms with Crippen molar-refractivity contribution in [2.45, 2.75) is 58.5 Å². The molecule has 0 aromatic heterocycles. The van der Waals surface area contributed by atoms with Crippen LogP contribution in [0.2, 0.25) is 0 Å². The van der Waals surface area contributed by atoms with Gasteiger partial charge in [-0.2, -0.15) is 0 Å². The lowest BCUT2D eigenvalue weighted by Gasteiger charge is -2.44. The molecule has 1 aromatic rings. The van der Waals surface area contributed by atoms with Crippen molar-refractivity contribution in [3.8, 4) is 0 Å². The van der Waals surface area contributed by atoms with Crippen LogP contribution in [0.1, 0.15) is 52.5 Å². The largest absolute Gasteiger partial charge is 0.393 e. The Kier molecular flexibility index (Phi) is 4.35. The number of hydrogen-bond acceptors (Lipinski definition) is 1. The van der Waals surface area contributed by atoms with E-state index in [4.69, 9.17) is 0 Å². The predicted octanol–water partition coefficient (Wildman–Crippen LogP) is 4.40. The molecule has 1 N–H and O–H groups in total. The standard InChI is InChI=1S/C18H28O/c1-13(2)14-10-11-17(19)16(12-14)18(3,4)15-8-6-5-7-9-15/h5-9,13-14,16-17,19H,10-12H2,1-4H3. The number of aliphatic hydroxyl groups is 1. The zero-order valence-corrected chi connectivity index (χ0v) is 12.8. The fraction of sp³-hybridized carbons (Fsp3) is 0.667. The van der Waals surface area contributed by atoms with E-state index in [2.05, 4.69) is 58.0 Å². The Morgan fingerprint density at radius 3 is 2.32 bits per heavy atom. The van der Waals surface area contributed by atoms with Gasteiger partial charge in [0.15, 0.2) is 0 Å². The monoisotopic (exact) mass is 260 g/mol. The third-order valence-electron chi connectivity index (χ3n) is 5.24. The third-order valence-corrected chi connectivity index (χ3v) is 5.24. The Bertz CT molecular complexity index is 393. The van der Waals surface area contributed by atoms with Crippen molar-refractivity contribution in [2.75, 3.05) is 0 Å². The van der Waals surface area contributed by atoms with Gasteiger partial charge in [-0.1, -0.05) is 58.0 Å². The fourth-order valence-electron chi connectivity index (χ4n) is 3.65. The zero-order valence-electron chi connectivity index (χ0n) is 12.8. The highest BCUT2D eigenvalue weighted by molar-refractivity contribution is 5.25. The van der Waals surface area contributed by atoms with Crippen LogP contribution >= 0.6 is 0 Å². The second-order valence-electron chi connectivity index (χ2n) is 7.08. The van der Waals surface area contributed by atoms with Crippen molar-refractivity contribution < 1.29 is 5.11 Å². The van der Waals surface area contributed by atoms with Gasteiger partial charge in [0.2, 0.25) is 0 Å². The van der Waals surface area contributed by atoms with Gasteiger partial charge in [-0.3, -0.25) is 0 Å². The molecule has 1 aromatic carbocycles. The predicted molar refractivity (Wildman–Crippen MR) is 81.1 cm³/mol. The first-order chi connectivity index (χ1) is 8.93. The zero-order chi connectivity index (χ0) is 14.0. The molecule has 1 nitrogen and oxygen atoms in total. The summed E-state index contributed by atoms with van der Waals surface area (Å²) in [6.07, 6.45) is 3.15. The van der Waals surface area contributed by atoms with Crippen molar-refractivity contribution >= 4 is 0 Å². The molecule has 0 bridgehead atoms. The van der Waals surface area contributed by atoms with Crippen LogP contribution in [-0.4, -0.2) is 11.2 Å². The SMILES string of the molecule is CC(C)C1CCC(O)C(C(C)(C)c2ccccc2)C1. The smallest absolute Gasteiger partial charge is 0.0576 e. The maximum absolute atomic E-state index is 10.5. The normalized spacial score (nSPS) is 28.6. The first kappa shape index (κ1) is 14.6. The highest BCUT2D eigenvalue weighted by Gasteiger charge is 2.40. The van der Waals surface area contributed by atoms with Crippen molar-refractivity contribution in [3.05, 3.63) is 35.9 Å². The van der Waals surface area contributed by atoms with Gasteiger partial charge in [0.25, 0.3) is 0 Å². The molecule has 2 rings (SSSR count). The number of rotatable bonds is 3. The summed E-state index contributed by atoms with van der Waals surface area (Å²) in [5.41, 5.74) is 1.40. The fourth-order valence-corrected chi connectivity index (χ4v) is 3.65. The molecule has 0 heterocycles. The summed E-state index contributed by atoms with van der Waals surface area (Å²) < 4.78 is 0. The molecule has 0 radical (unpaired) electrons. The van der Waals surface area contributed by atoms with Gasteiger partial charge < -0.3 is 5.11 Å². The minimum atomic E-state index is -0.148. The van der Waals surface area contributed by atoms with Crippen LogP contribution in [0.3, 0.4) is 0 Å². The Balaban J connectivity index is 2.22. The molecule has 0 amide bonds. The van der Waals surface area contributed by atoms with Gasteiger partial charge in [0.1, 0.15) is 0 Å². The van der Waals surface area contributed by atoms with Gasteiger partial charge in [-0.05, 0) is 48.0 Å². The molecule has 1 fully saturated rings. The molecular formula is C18H28O. The van der Waals surface area contributed by atoms with Gasteiger partial charge in [0, 0.05) is 0 Å². The number of benzene rings is 1. The first-order valence-electron chi connectivity index (χ1n) is 7.66. The average Bonchev–Trinajstić information content (AvgIpc) is 2.39. The molecule has 3 atom stereocenters. The summed E-state index contributed by atoms with van der Waals surface area (Å²) >= 11 is 0. The van der Waals surface area contributed by atoms with Crippen LogP contribution in [0.15, 0.2) is 30.3 Å². The lowest BCUT2D eigenvalue weighted by atomic mass is 9.62. The Morgan fingerprint density at radius 1 is 1.11 bits per heavy atom. The van der Waals surface area contributed by atoms with Gasteiger partial charge in [-0.15, -0.1) is 0 Å². The number of aliphatic hydroxyl groups excluding tert-OH is 1. The Labute approximate surface area is 118 Å². The van der Waals surface area contributed by atoms with Gasteiger partial charge in [-0.25, -0.2) is 0 Å². The summed E-state index contributed by atoms with van der Waals surface area (Å²) in [6, 6.07) is 10.7. The van der Waals surface area contributed by atoms with Gasteiger partial charge >= 0.3 is 0 Å². The summed E-state index contributed by atoms with van der Waals surface area (Å²) in [7, 11) is 0. The van der Waals surface area contributed by atoms with E-state index in [-0.39, 0.29) is 11.5 Å². The quantitative estimate of drug-likeness (QED) is 0.854. The van der Waals surface area contributed by atoms with Crippen LogP contribution in [0.4, 0.5) is 0 Å². The minimum absolute atomic E-state index is 0.0498. The molecule has 1 aliphatic rings. The highest BCUT2D eigenvalue weighted by Crippen LogP contribution is 2.44. The topological polar surface area (TPSA) is 20.2 Å². The van der Waals surface area contributed by atoms with E-state index in [9.17, 15) is 5.11 Å². The summed E-state index contributed by atoms with van der Waals surface area (Å²) in [6.45, 7) is 9.21. The van der Waals surface area contributed by atoms with E-state index >= 15 is 0 Å². The lowest BCUT2D eigenvalue weighted by Crippen LogP contribution is -2.42. The summed E-state index contributed by atoms with van der Waals surface area (Å²) in [5.74, 6) is 1.86. The molecule has 19 heavy (non-hydrogen) atoms. The third kappa shape index (κ3) is 3.02. The van der Waals surface area contributed by atoms with Crippen molar-refractivity contribution in [2.24, 2.45) is 17.8 Å². The minimum Gasteiger partial charge on any atom is -0.393 e. The van der Waals surface area contributed by atoms with Gasteiger partial charge in [0.05, 0.1) is 6.10 Å².